The molecule has 0 aliphatic carbocycles. The highest BCUT2D eigenvalue weighted by Crippen LogP contribution is 2.35. The van der Waals surface area contributed by atoms with Gasteiger partial charge in [0.25, 0.3) is 0 Å². The number of rotatable bonds is 5. The zero-order valence-corrected chi connectivity index (χ0v) is 12.3. The molecule has 0 radical (unpaired) electrons. The summed E-state index contributed by atoms with van der Waals surface area (Å²) in [6.45, 7) is 7.78. The van der Waals surface area contributed by atoms with Crippen LogP contribution in [0.15, 0.2) is 0 Å². The summed E-state index contributed by atoms with van der Waals surface area (Å²) in [5.74, 6) is 0. The topological polar surface area (TPSA) is 18.5 Å². The Kier molecular flexibility index (Phi) is 3.40. The largest absolute Gasteiger partial charge is 0.415 e. The van der Waals surface area contributed by atoms with Gasteiger partial charge in [-0.05, 0) is 44.2 Å². The third-order valence-corrected chi connectivity index (χ3v) is 11.5. The van der Waals surface area contributed by atoms with E-state index < -0.39 is 16.6 Å². The third-order valence-electron chi connectivity index (χ3n) is 3.97. The number of hydrogen-bond acceptors (Lipinski definition) is 2. The first-order chi connectivity index (χ1) is 7.02. The summed E-state index contributed by atoms with van der Waals surface area (Å²) in [6, 6.07) is 5.47. The fourth-order valence-electron chi connectivity index (χ4n) is 2.45. The van der Waals surface area contributed by atoms with Crippen molar-refractivity contribution in [3.8, 4) is 0 Å². The standard InChI is InChI=1S/C11H24O2Si2/c1-11(13-15(3)8-5-9-15)10-12-14(2)6-4-7-14/h11H,4-10H2,1-3H3. The molecule has 0 aromatic heterocycles. The normalized spacial score (nSPS) is 29.0. The predicted molar refractivity (Wildman–Crippen MR) is 68.2 cm³/mol. The highest BCUT2D eigenvalue weighted by atomic mass is 28.4. The van der Waals surface area contributed by atoms with Crippen LogP contribution in [0.4, 0.5) is 0 Å². The summed E-state index contributed by atoms with van der Waals surface area (Å²) < 4.78 is 12.3. The molecule has 88 valence electrons. The van der Waals surface area contributed by atoms with Crippen LogP contribution in [0, 0.1) is 0 Å². The highest BCUT2D eigenvalue weighted by Gasteiger charge is 2.39. The van der Waals surface area contributed by atoms with Gasteiger partial charge in [-0.1, -0.05) is 12.8 Å². The first-order valence-electron chi connectivity index (χ1n) is 6.33. The van der Waals surface area contributed by atoms with Gasteiger partial charge in [-0.3, -0.25) is 0 Å². The van der Waals surface area contributed by atoms with E-state index in [9.17, 15) is 0 Å². The minimum atomic E-state index is -1.21. The van der Waals surface area contributed by atoms with Crippen molar-refractivity contribution in [3.05, 3.63) is 0 Å². The van der Waals surface area contributed by atoms with Crippen LogP contribution in [0.1, 0.15) is 19.8 Å². The molecule has 2 aliphatic heterocycles. The van der Waals surface area contributed by atoms with Crippen LogP contribution >= 0.6 is 0 Å². The molecule has 0 amide bonds. The van der Waals surface area contributed by atoms with Crippen molar-refractivity contribution in [2.45, 2.75) is 63.1 Å². The molecule has 15 heavy (non-hydrogen) atoms. The van der Waals surface area contributed by atoms with E-state index in [1.165, 1.54) is 37.0 Å². The second-order valence-electron chi connectivity index (χ2n) is 5.85. The third kappa shape index (κ3) is 2.93. The molecule has 1 atom stereocenters. The van der Waals surface area contributed by atoms with Gasteiger partial charge in [-0.25, -0.2) is 0 Å². The molecule has 0 aromatic rings. The van der Waals surface area contributed by atoms with E-state index in [-0.39, 0.29) is 0 Å². The minimum Gasteiger partial charge on any atom is -0.415 e. The smallest absolute Gasteiger partial charge is 0.190 e. The lowest BCUT2D eigenvalue weighted by atomic mass is 10.5. The van der Waals surface area contributed by atoms with Crippen molar-refractivity contribution in [2.75, 3.05) is 6.61 Å². The Balaban J connectivity index is 1.66. The van der Waals surface area contributed by atoms with Gasteiger partial charge >= 0.3 is 0 Å². The second-order valence-corrected chi connectivity index (χ2v) is 14.2. The van der Waals surface area contributed by atoms with Crippen LogP contribution in [0.3, 0.4) is 0 Å². The first-order valence-corrected chi connectivity index (χ1v) is 12.0. The lowest BCUT2D eigenvalue weighted by molar-refractivity contribution is 0.121. The molecule has 4 heteroatoms. The second kappa shape index (κ2) is 4.32. The molecule has 0 saturated carbocycles. The average molecular weight is 244 g/mol. The maximum Gasteiger partial charge on any atom is 0.190 e. The van der Waals surface area contributed by atoms with Crippen molar-refractivity contribution in [1.82, 2.24) is 0 Å². The van der Waals surface area contributed by atoms with E-state index in [2.05, 4.69) is 20.0 Å². The summed E-state index contributed by atoms with van der Waals surface area (Å²) in [5.41, 5.74) is 0. The Morgan fingerprint density at radius 3 is 1.93 bits per heavy atom. The molecule has 2 aliphatic rings. The van der Waals surface area contributed by atoms with Crippen LogP contribution in [-0.4, -0.2) is 29.3 Å². The fourth-order valence-corrected chi connectivity index (χ4v) is 7.35. The lowest BCUT2D eigenvalue weighted by Gasteiger charge is -2.40. The quantitative estimate of drug-likeness (QED) is 0.690. The monoisotopic (exact) mass is 244 g/mol. The van der Waals surface area contributed by atoms with E-state index in [0.29, 0.717) is 6.10 Å². The van der Waals surface area contributed by atoms with E-state index in [0.717, 1.165) is 6.61 Å². The summed E-state index contributed by atoms with van der Waals surface area (Å²) in [6.07, 6.45) is 3.12. The molecule has 0 aromatic carbocycles. The van der Waals surface area contributed by atoms with E-state index >= 15 is 0 Å². The molecule has 2 saturated heterocycles. The average Bonchev–Trinajstić information content (AvgIpc) is 2.09. The van der Waals surface area contributed by atoms with Gasteiger partial charge in [0.15, 0.2) is 16.6 Å². The molecular formula is C11H24O2Si2. The van der Waals surface area contributed by atoms with Crippen LogP contribution in [0.2, 0.25) is 37.3 Å². The Labute approximate surface area is 95.6 Å². The van der Waals surface area contributed by atoms with Crippen LogP contribution < -0.4 is 0 Å². The number of hydrogen-bond donors (Lipinski definition) is 0. The van der Waals surface area contributed by atoms with Crippen LogP contribution in [0.25, 0.3) is 0 Å². The van der Waals surface area contributed by atoms with E-state index in [1.807, 2.05) is 0 Å². The van der Waals surface area contributed by atoms with Crippen molar-refractivity contribution in [1.29, 1.82) is 0 Å². The Morgan fingerprint density at radius 1 is 1.00 bits per heavy atom. The van der Waals surface area contributed by atoms with Crippen LogP contribution in [0.5, 0.6) is 0 Å². The lowest BCUT2D eigenvalue weighted by Crippen LogP contribution is -2.47. The van der Waals surface area contributed by atoms with Crippen molar-refractivity contribution >= 4 is 16.6 Å². The molecular weight excluding hydrogens is 220 g/mol. The van der Waals surface area contributed by atoms with Gasteiger partial charge in [0.05, 0.1) is 12.7 Å². The van der Waals surface area contributed by atoms with Crippen molar-refractivity contribution in [3.63, 3.8) is 0 Å². The van der Waals surface area contributed by atoms with Gasteiger partial charge < -0.3 is 8.85 Å². The van der Waals surface area contributed by atoms with Crippen molar-refractivity contribution < 1.29 is 8.85 Å². The summed E-state index contributed by atoms with van der Waals surface area (Å²) in [5, 5.41) is 0. The zero-order chi connectivity index (χ0) is 10.9. The van der Waals surface area contributed by atoms with Crippen LogP contribution in [-0.2, 0) is 8.85 Å². The highest BCUT2D eigenvalue weighted by molar-refractivity contribution is 6.75. The van der Waals surface area contributed by atoms with Gasteiger partial charge in [0.2, 0.25) is 0 Å². The Bertz CT molecular complexity index is 225. The SMILES string of the molecule is CC(CO[Si]1(C)CCC1)O[Si]1(C)CCC1. The first kappa shape index (κ1) is 11.8. The maximum atomic E-state index is 6.17. The fraction of sp³-hybridized carbons (Fsp3) is 1.00. The molecule has 2 fully saturated rings. The minimum absolute atomic E-state index is 0.340. The summed E-state index contributed by atoms with van der Waals surface area (Å²) in [7, 11) is -2.40. The maximum absolute atomic E-state index is 6.17. The Hall–Kier alpha value is 0.354. The zero-order valence-electron chi connectivity index (χ0n) is 10.3. The summed E-state index contributed by atoms with van der Waals surface area (Å²) in [4.78, 5) is 0. The van der Waals surface area contributed by atoms with Gasteiger partial charge in [-0.2, -0.15) is 0 Å². The summed E-state index contributed by atoms with van der Waals surface area (Å²) >= 11 is 0. The predicted octanol–water partition coefficient (Wildman–Crippen LogP) is 3.37. The van der Waals surface area contributed by atoms with Gasteiger partial charge in [0, 0.05) is 0 Å². The molecule has 2 rings (SSSR count). The molecule has 0 N–H and O–H groups in total. The van der Waals surface area contributed by atoms with Gasteiger partial charge in [-0.15, -0.1) is 0 Å². The molecule has 1 unspecified atom stereocenters. The molecule has 2 nitrogen and oxygen atoms in total. The molecule has 0 spiro atoms. The van der Waals surface area contributed by atoms with E-state index in [4.69, 9.17) is 8.85 Å². The molecule has 2 heterocycles. The van der Waals surface area contributed by atoms with E-state index in [1.54, 1.807) is 0 Å². The molecule has 0 bridgehead atoms. The van der Waals surface area contributed by atoms with Gasteiger partial charge in [0.1, 0.15) is 0 Å². The Morgan fingerprint density at radius 2 is 1.53 bits per heavy atom. The van der Waals surface area contributed by atoms with Crippen molar-refractivity contribution in [2.24, 2.45) is 0 Å².